The molecular weight excluding hydrogens is 214 g/mol. The van der Waals surface area contributed by atoms with Gasteiger partial charge in [-0.3, -0.25) is 4.79 Å². The first-order valence-corrected chi connectivity index (χ1v) is 6.68. The van der Waals surface area contributed by atoms with Crippen LogP contribution in [-0.2, 0) is 4.79 Å². The number of amides is 1. The lowest BCUT2D eigenvalue weighted by Gasteiger charge is -2.37. The van der Waals surface area contributed by atoms with Gasteiger partial charge in [-0.25, -0.2) is 0 Å². The van der Waals surface area contributed by atoms with Crippen LogP contribution >= 0.6 is 0 Å². The molecule has 0 aromatic rings. The number of likely N-dealkylation sites (tertiary alicyclic amines) is 1. The molecule has 0 saturated carbocycles. The molecule has 2 atom stereocenters. The van der Waals surface area contributed by atoms with Gasteiger partial charge < -0.3 is 15.5 Å². The quantitative estimate of drug-likeness (QED) is 0.796. The van der Waals surface area contributed by atoms with Crippen molar-refractivity contribution in [3.05, 3.63) is 0 Å². The zero-order chi connectivity index (χ0) is 13.0. The molecule has 1 saturated heterocycles. The van der Waals surface area contributed by atoms with Gasteiger partial charge in [-0.15, -0.1) is 0 Å². The minimum Gasteiger partial charge on any atom is -0.341 e. The van der Waals surface area contributed by atoms with E-state index >= 15 is 0 Å². The Kier molecular flexibility index (Phi) is 5.40. The molecule has 1 heterocycles. The maximum atomic E-state index is 12.2. The molecule has 0 aromatic carbocycles. The molecule has 1 amide bonds. The summed E-state index contributed by atoms with van der Waals surface area (Å²) < 4.78 is 0. The van der Waals surface area contributed by atoms with Crippen LogP contribution in [0.3, 0.4) is 0 Å². The Morgan fingerprint density at radius 1 is 1.41 bits per heavy atom. The van der Waals surface area contributed by atoms with Crippen LogP contribution in [0.15, 0.2) is 0 Å². The summed E-state index contributed by atoms with van der Waals surface area (Å²) in [6.45, 7) is 5.84. The van der Waals surface area contributed by atoms with Gasteiger partial charge in [0, 0.05) is 19.1 Å². The number of carbonyl (C=O) groups excluding carboxylic acids is 1. The summed E-state index contributed by atoms with van der Waals surface area (Å²) >= 11 is 0. The Balaban J connectivity index is 2.46. The number of nitrogens with two attached hydrogens (primary N) is 1. The van der Waals surface area contributed by atoms with E-state index in [0.29, 0.717) is 6.04 Å². The zero-order valence-electron chi connectivity index (χ0n) is 11.6. The first-order chi connectivity index (χ1) is 7.97. The van der Waals surface area contributed by atoms with E-state index < -0.39 is 0 Å². The van der Waals surface area contributed by atoms with Gasteiger partial charge in [-0.05, 0) is 32.9 Å². The predicted octanol–water partition coefficient (Wildman–Crippen LogP) is 0.912. The fraction of sp³-hybridized carbons (Fsp3) is 0.923. The number of hydrogen-bond donors (Lipinski definition) is 1. The van der Waals surface area contributed by atoms with E-state index in [1.165, 1.54) is 0 Å². The summed E-state index contributed by atoms with van der Waals surface area (Å²) in [5.74, 6) is 0.408. The van der Waals surface area contributed by atoms with E-state index in [4.69, 9.17) is 5.73 Å². The van der Waals surface area contributed by atoms with Gasteiger partial charge in [-0.1, -0.05) is 20.3 Å². The van der Waals surface area contributed by atoms with E-state index in [1.807, 2.05) is 4.90 Å². The summed E-state index contributed by atoms with van der Waals surface area (Å²) in [6, 6.07) is 0.287. The highest BCUT2D eigenvalue weighted by molar-refractivity contribution is 5.82. The standard InChI is InChI=1S/C13H27N3O/c1-5-10(2)12(14)13(17)16-8-6-11(7-9-16)15(3)4/h10-12H,5-9,14H2,1-4H3/t10?,12-/m0/s1. The average Bonchev–Trinajstić information content (AvgIpc) is 2.36. The van der Waals surface area contributed by atoms with Crippen LogP contribution < -0.4 is 5.73 Å². The zero-order valence-corrected chi connectivity index (χ0v) is 11.6. The van der Waals surface area contributed by atoms with Gasteiger partial charge in [-0.2, -0.15) is 0 Å². The SMILES string of the molecule is CCC(C)[C@H](N)C(=O)N1CCC(N(C)C)CC1. The van der Waals surface area contributed by atoms with Crippen LogP contribution in [-0.4, -0.2) is 55.0 Å². The fourth-order valence-electron chi connectivity index (χ4n) is 2.31. The largest absolute Gasteiger partial charge is 0.341 e. The Bertz CT molecular complexity index is 247. The lowest BCUT2D eigenvalue weighted by atomic mass is 9.97. The van der Waals surface area contributed by atoms with Crippen molar-refractivity contribution in [3.8, 4) is 0 Å². The molecule has 1 aliphatic heterocycles. The third-order valence-electron chi connectivity index (χ3n) is 4.05. The smallest absolute Gasteiger partial charge is 0.239 e. The topological polar surface area (TPSA) is 49.6 Å². The van der Waals surface area contributed by atoms with Crippen molar-refractivity contribution in [2.75, 3.05) is 27.2 Å². The van der Waals surface area contributed by atoms with E-state index in [2.05, 4.69) is 32.8 Å². The summed E-state index contributed by atoms with van der Waals surface area (Å²) in [7, 11) is 4.21. The molecule has 0 bridgehead atoms. The first kappa shape index (κ1) is 14.5. The molecule has 4 heteroatoms. The molecule has 2 N–H and O–H groups in total. The van der Waals surface area contributed by atoms with Gasteiger partial charge in [0.2, 0.25) is 5.91 Å². The van der Waals surface area contributed by atoms with Gasteiger partial charge in [0.15, 0.2) is 0 Å². The van der Waals surface area contributed by atoms with Crippen molar-refractivity contribution in [3.63, 3.8) is 0 Å². The van der Waals surface area contributed by atoms with E-state index in [0.717, 1.165) is 32.4 Å². The Labute approximate surface area is 105 Å². The summed E-state index contributed by atoms with van der Waals surface area (Å²) in [5, 5.41) is 0. The van der Waals surface area contributed by atoms with E-state index in [9.17, 15) is 4.79 Å². The summed E-state index contributed by atoms with van der Waals surface area (Å²) in [4.78, 5) is 16.4. The minimum absolute atomic E-state index is 0.136. The fourth-order valence-corrected chi connectivity index (χ4v) is 2.31. The minimum atomic E-state index is -0.323. The molecule has 1 rings (SSSR count). The first-order valence-electron chi connectivity index (χ1n) is 6.68. The average molecular weight is 241 g/mol. The lowest BCUT2D eigenvalue weighted by molar-refractivity contribution is -0.135. The highest BCUT2D eigenvalue weighted by Crippen LogP contribution is 2.16. The maximum Gasteiger partial charge on any atom is 0.239 e. The van der Waals surface area contributed by atoms with Crippen molar-refractivity contribution in [2.24, 2.45) is 11.7 Å². The normalized spacial score (nSPS) is 21.6. The molecule has 4 nitrogen and oxygen atoms in total. The molecule has 0 aliphatic carbocycles. The molecule has 1 aliphatic rings. The molecule has 1 fully saturated rings. The molecular formula is C13H27N3O. The third-order valence-corrected chi connectivity index (χ3v) is 4.05. The number of piperidine rings is 1. The molecule has 0 radical (unpaired) electrons. The van der Waals surface area contributed by atoms with Gasteiger partial charge >= 0.3 is 0 Å². The van der Waals surface area contributed by atoms with Crippen LogP contribution in [0.1, 0.15) is 33.1 Å². The second-order valence-electron chi connectivity index (χ2n) is 5.43. The Morgan fingerprint density at radius 3 is 2.35 bits per heavy atom. The van der Waals surface area contributed by atoms with Crippen molar-refractivity contribution < 1.29 is 4.79 Å². The van der Waals surface area contributed by atoms with Gasteiger partial charge in [0.25, 0.3) is 0 Å². The van der Waals surface area contributed by atoms with Crippen LogP contribution in [0.4, 0.5) is 0 Å². The van der Waals surface area contributed by atoms with Gasteiger partial charge in [0.05, 0.1) is 6.04 Å². The number of hydrogen-bond acceptors (Lipinski definition) is 3. The highest BCUT2D eigenvalue weighted by atomic mass is 16.2. The van der Waals surface area contributed by atoms with Crippen LogP contribution in [0.5, 0.6) is 0 Å². The summed E-state index contributed by atoms with van der Waals surface area (Å²) in [5.41, 5.74) is 5.99. The van der Waals surface area contributed by atoms with Crippen molar-refractivity contribution in [2.45, 2.75) is 45.2 Å². The Morgan fingerprint density at radius 2 is 1.94 bits per heavy atom. The van der Waals surface area contributed by atoms with E-state index in [1.54, 1.807) is 0 Å². The Hall–Kier alpha value is -0.610. The van der Waals surface area contributed by atoms with Crippen molar-refractivity contribution in [1.29, 1.82) is 0 Å². The molecule has 1 unspecified atom stereocenters. The van der Waals surface area contributed by atoms with Crippen LogP contribution in [0.2, 0.25) is 0 Å². The lowest BCUT2D eigenvalue weighted by Crippen LogP contribution is -2.51. The van der Waals surface area contributed by atoms with Gasteiger partial charge in [0.1, 0.15) is 0 Å². The highest BCUT2D eigenvalue weighted by Gasteiger charge is 2.28. The number of nitrogens with zero attached hydrogens (tertiary/aromatic N) is 2. The van der Waals surface area contributed by atoms with Crippen LogP contribution in [0, 0.1) is 5.92 Å². The second kappa shape index (κ2) is 6.36. The second-order valence-corrected chi connectivity index (χ2v) is 5.43. The van der Waals surface area contributed by atoms with Crippen molar-refractivity contribution >= 4 is 5.91 Å². The number of rotatable bonds is 4. The van der Waals surface area contributed by atoms with Crippen molar-refractivity contribution in [1.82, 2.24) is 9.80 Å². The van der Waals surface area contributed by atoms with Crippen LogP contribution in [0.25, 0.3) is 0 Å². The number of carbonyl (C=O) groups is 1. The third kappa shape index (κ3) is 3.68. The summed E-state index contributed by atoms with van der Waals surface area (Å²) in [6.07, 6.45) is 3.08. The predicted molar refractivity (Wildman–Crippen MR) is 70.7 cm³/mol. The van der Waals surface area contributed by atoms with E-state index in [-0.39, 0.29) is 17.9 Å². The monoisotopic (exact) mass is 241 g/mol. The maximum absolute atomic E-state index is 12.2. The molecule has 0 aromatic heterocycles. The molecule has 0 spiro atoms. The molecule has 17 heavy (non-hydrogen) atoms. The molecule has 100 valence electrons.